The van der Waals surface area contributed by atoms with Crippen LogP contribution in [0, 0.1) is 13.8 Å². The number of rotatable bonds is 5. The number of halogens is 1. The number of hydrogen-bond acceptors (Lipinski definition) is 2. The van der Waals surface area contributed by atoms with E-state index in [-0.39, 0.29) is 6.04 Å². The molecule has 1 unspecified atom stereocenters. The minimum Gasteiger partial charge on any atom is -0.457 e. The zero-order chi connectivity index (χ0) is 15.4. The first-order chi connectivity index (χ1) is 10.0. The molecule has 21 heavy (non-hydrogen) atoms. The van der Waals surface area contributed by atoms with Gasteiger partial charge in [-0.15, -0.1) is 0 Å². The number of benzene rings is 2. The molecule has 2 aromatic rings. The van der Waals surface area contributed by atoms with Crippen LogP contribution >= 0.6 is 15.9 Å². The second-order valence-electron chi connectivity index (χ2n) is 5.31. The largest absolute Gasteiger partial charge is 0.457 e. The van der Waals surface area contributed by atoms with Crippen LogP contribution in [0.3, 0.4) is 0 Å². The van der Waals surface area contributed by atoms with Gasteiger partial charge in [0.1, 0.15) is 11.5 Å². The quantitative estimate of drug-likeness (QED) is 0.767. The Morgan fingerprint density at radius 1 is 1.10 bits per heavy atom. The van der Waals surface area contributed by atoms with Crippen molar-refractivity contribution < 1.29 is 4.74 Å². The van der Waals surface area contributed by atoms with Gasteiger partial charge in [-0.05, 0) is 68.8 Å². The first-order valence-electron chi connectivity index (χ1n) is 7.29. The zero-order valence-electron chi connectivity index (χ0n) is 13.0. The fourth-order valence-corrected chi connectivity index (χ4v) is 2.65. The summed E-state index contributed by atoms with van der Waals surface area (Å²) >= 11 is 3.54. The van der Waals surface area contributed by atoms with Gasteiger partial charge in [0.15, 0.2) is 0 Å². The standard InChI is InChI=1S/C18H22BrNO/c1-5-20-14(4)17-11-15(19)7-9-18(17)21-16-8-6-12(2)13(3)10-16/h6-11,14,20H,5H2,1-4H3. The van der Waals surface area contributed by atoms with E-state index >= 15 is 0 Å². The Kier molecular flexibility index (Phi) is 5.43. The van der Waals surface area contributed by atoms with Crippen molar-refractivity contribution in [3.05, 3.63) is 57.6 Å². The summed E-state index contributed by atoms with van der Waals surface area (Å²) in [6.45, 7) is 9.40. The van der Waals surface area contributed by atoms with Crippen molar-refractivity contribution in [3.8, 4) is 11.5 Å². The normalized spacial score (nSPS) is 12.2. The predicted octanol–water partition coefficient (Wildman–Crippen LogP) is 5.53. The minimum atomic E-state index is 0.244. The fourth-order valence-electron chi connectivity index (χ4n) is 2.27. The van der Waals surface area contributed by atoms with Gasteiger partial charge in [-0.1, -0.05) is 28.9 Å². The Balaban J connectivity index is 2.32. The number of nitrogens with one attached hydrogen (secondary N) is 1. The number of hydrogen-bond donors (Lipinski definition) is 1. The van der Waals surface area contributed by atoms with Crippen LogP contribution < -0.4 is 10.1 Å². The van der Waals surface area contributed by atoms with Gasteiger partial charge < -0.3 is 10.1 Å². The van der Waals surface area contributed by atoms with Crippen LogP contribution in [0.15, 0.2) is 40.9 Å². The van der Waals surface area contributed by atoms with Gasteiger partial charge in [0.25, 0.3) is 0 Å². The first-order valence-corrected chi connectivity index (χ1v) is 8.08. The molecule has 2 rings (SSSR count). The maximum Gasteiger partial charge on any atom is 0.132 e. The molecule has 0 radical (unpaired) electrons. The third-order valence-corrected chi connectivity index (χ3v) is 4.15. The van der Waals surface area contributed by atoms with Crippen LogP contribution in [0.1, 0.15) is 36.6 Å². The topological polar surface area (TPSA) is 21.3 Å². The van der Waals surface area contributed by atoms with E-state index in [2.05, 4.69) is 67.1 Å². The summed E-state index contributed by atoms with van der Waals surface area (Å²) < 4.78 is 7.17. The molecule has 0 aliphatic rings. The molecule has 3 heteroatoms. The van der Waals surface area contributed by atoms with E-state index in [9.17, 15) is 0 Å². The molecule has 1 N–H and O–H groups in total. The lowest BCUT2D eigenvalue weighted by Crippen LogP contribution is -2.18. The van der Waals surface area contributed by atoms with Crippen molar-refractivity contribution in [1.29, 1.82) is 0 Å². The summed E-state index contributed by atoms with van der Waals surface area (Å²) in [5.74, 6) is 1.78. The van der Waals surface area contributed by atoms with E-state index in [1.54, 1.807) is 0 Å². The average molecular weight is 348 g/mol. The molecule has 0 aliphatic carbocycles. The lowest BCUT2D eigenvalue weighted by Gasteiger charge is -2.18. The van der Waals surface area contributed by atoms with Gasteiger partial charge >= 0.3 is 0 Å². The maximum absolute atomic E-state index is 6.11. The molecule has 0 fully saturated rings. The van der Waals surface area contributed by atoms with Crippen molar-refractivity contribution in [3.63, 3.8) is 0 Å². The molecule has 0 heterocycles. The molecule has 2 nitrogen and oxygen atoms in total. The van der Waals surface area contributed by atoms with Crippen LogP contribution in [0.4, 0.5) is 0 Å². The van der Waals surface area contributed by atoms with Crippen LogP contribution in [0.25, 0.3) is 0 Å². The third-order valence-electron chi connectivity index (χ3n) is 3.65. The van der Waals surface area contributed by atoms with Crippen LogP contribution in [0.5, 0.6) is 11.5 Å². The number of ether oxygens (including phenoxy) is 1. The van der Waals surface area contributed by atoms with Crippen molar-refractivity contribution in [2.75, 3.05) is 6.54 Å². The van der Waals surface area contributed by atoms with Gasteiger partial charge in [-0.2, -0.15) is 0 Å². The predicted molar refractivity (Wildman–Crippen MR) is 92.2 cm³/mol. The van der Waals surface area contributed by atoms with Crippen LogP contribution in [-0.2, 0) is 0 Å². The zero-order valence-corrected chi connectivity index (χ0v) is 14.6. The molecule has 0 amide bonds. The monoisotopic (exact) mass is 347 g/mol. The molecule has 2 aromatic carbocycles. The summed E-state index contributed by atoms with van der Waals surface area (Å²) in [5.41, 5.74) is 3.68. The van der Waals surface area contributed by atoms with Gasteiger partial charge in [0.05, 0.1) is 0 Å². The van der Waals surface area contributed by atoms with Crippen molar-refractivity contribution in [1.82, 2.24) is 5.32 Å². The minimum absolute atomic E-state index is 0.244. The summed E-state index contributed by atoms with van der Waals surface area (Å²) in [6.07, 6.45) is 0. The molecule has 112 valence electrons. The first kappa shape index (κ1) is 16.1. The summed E-state index contributed by atoms with van der Waals surface area (Å²) in [5, 5.41) is 3.43. The molecule has 0 bridgehead atoms. The molecule has 0 aliphatic heterocycles. The summed E-state index contributed by atoms with van der Waals surface area (Å²) in [7, 11) is 0. The lowest BCUT2D eigenvalue weighted by molar-refractivity contribution is 0.462. The lowest BCUT2D eigenvalue weighted by atomic mass is 10.1. The van der Waals surface area contributed by atoms with E-state index in [1.807, 2.05) is 18.2 Å². The Morgan fingerprint density at radius 2 is 1.86 bits per heavy atom. The fraction of sp³-hybridized carbons (Fsp3) is 0.333. The Labute approximate surface area is 135 Å². The van der Waals surface area contributed by atoms with Gasteiger partial charge in [0.2, 0.25) is 0 Å². The molecule has 0 aromatic heterocycles. The Bertz CT molecular complexity index is 625. The SMILES string of the molecule is CCNC(C)c1cc(Br)ccc1Oc1ccc(C)c(C)c1. The molecule has 1 atom stereocenters. The van der Waals surface area contributed by atoms with E-state index in [0.717, 1.165) is 28.1 Å². The van der Waals surface area contributed by atoms with E-state index in [1.165, 1.54) is 11.1 Å². The second-order valence-corrected chi connectivity index (χ2v) is 6.23. The smallest absolute Gasteiger partial charge is 0.132 e. The highest BCUT2D eigenvalue weighted by molar-refractivity contribution is 9.10. The molecule has 0 spiro atoms. The molecular weight excluding hydrogens is 326 g/mol. The van der Waals surface area contributed by atoms with Gasteiger partial charge in [-0.25, -0.2) is 0 Å². The molecule has 0 saturated carbocycles. The van der Waals surface area contributed by atoms with Gasteiger partial charge in [-0.3, -0.25) is 0 Å². The highest BCUT2D eigenvalue weighted by Crippen LogP contribution is 2.32. The van der Waals surface area contributed by atoms with Crippen LogP contribution in [0.2, 0.25) is 0 Å². The molecular formula is C18H22BrNO. The van der Waals surface area contributed by atoms with Crippen molar-refractivity contribution >= 4 is 15.9 Å². The molecule has 0 saturated heterocycles. The summed E-state index contributed by atoms with van der Waals surface area (Å²) in [6, 6.07) is 12.6. The highest BCUT2D eigenvalue weighted by Gasteiger charge is 2.12. The van der Waals surface area contributed by atoms with Crippen molar-refractivity contribution in [2.45, 2.75) is 33.7 Å². The highest BCUT2D eigenvalue weighted by atomic mass is 79.9. The second kappa shape index (κ2) is 7.10. The number of aryl methyl sites for hydroxylation is 2. The summed E-state index contributed by atoms with van der Waals surface area (Å²) in [4.78, 5) is 0. The maximum atomic E-state index is 6.11. The Hall–Kier alpha value is -1.32. The van der Waals surface area contributed by atoms with E-state index < -0.39 is 0 Å². The van der Waals surface area contributed by atoms with Crippen molar-refractivity contribution in [2.24, 2.45) is 0 Å². The van der Waals surface area contributed by atoms with E-state index in [4.69, 9.17) is 4.74 Å². The average Bonchev–Trinajstić information content (AvgIpc) is 2.45. The Morgan fingerprint density at radius 3 is 2.52 bits per heavy atom. The third kappa shape index (κ3) is 4.08. The van der Waals surface area contributed by atoms with Crippen LogP contribution in [-0.4, -0.2) is 6.54 Å². The van der Waals surface area contributed by atoms with E-state index in [0.29, 0.717) is 0 Å². The van der Waals surface area contributed by atoms with Gasteiger partial charge in [0, 0.05) is 16.1 Å².